The van der Waals surface area contributed by atoms with Gasteiger partial charge in [-0.2, -0.15) is 0 Å². The Bertz CT molecular complexity index is 569. The maximum Gasteiger partial charge on any atom is 0.347 e. The molecule has 4 nitrogen and oxygen atoms in total. The first-order valence-electron chi connectivity index (χ1n) is 5.64. The van der Waals surface area contributed by atoms with E-state index in [4.69, 9.17) is 5.11 Å². The molecule has 6 heteroatoms. The Hall–Kier alpha value is -1.37. The van der Waals surface area contributed by atoms with Crippen LogP contribution in [-0.4, -0.2) is 26.9 Å². The quantitative estimate of drug-likeness (QED) is 0.830. The van der Waals surface area contributed by atoms with E-state index in [1.165, 1.54) is 11.8 Å². The van der Waals surface area contributed by atoms with E-state index in [1.54, 1.807) is 6.92 Å². The summed E-state index contributed by atoms with van der Waals surface area (Å²) in [5, 5.41) is 19.0. The van der Waals surface area contributed by atoms with Crippen LogP contribution in [0.25, 0.3) is 0 Å². The van der Waals surface area contributed by atoms with Gasteiger partial charge in [-0.3, -0.25) is 0 Å². The standard InChI is InChI=1S/C13H13NO3S2/c1-8-11(12(16)17)19-13(14-8)18-7-10(15)9-5-3-2-4-6-9/h2-6,10,15H,7H2,1H3,(H,16,17). The van der Waals surface area contributed by atoms with Crippen molar-refractivity contribution < 1.29 is 15.0 Å². The fourth-order valence-corrected chi connectivity index (χ4v) is 3.58. The van der Waals surface area contributed by atoms with Crippen molar-refractivity contribution in [3.05, 3.63) is 46.5 Å². The van der Waals surface area contributed by atoms with Gasteiger partial charge in [0.2, 0.25) is 0 Å². The van der Waals surface area contributed by atoms with Gasteiger partial charge < -0.3 is 10.2 Å². The molecule has 0 aliphatic rings. The first-order valence-corrected chi connectivity index (χ1v) is 7.44. The average Bonchev–Trinajstić information content (AvgIpc) is 2.78. The molecule has 0 fully saturated rings. The number of aliphatic hydroxyl groups excluding tert-OH is 1. The van der Waals surface area contributed by atoms with Gasteiger partial charge in [-0.25, -0.2) is 9.78 Å². The van der Waals surface area contributed by atoms with Crippen LogP contribution in [0.4, 0.5) is 0 Å². The first-order chi connectivity index (χ1) is 9.08. The van der Waals surface area contributed by atoms with Gasteiger partial charge in [-0.1, -0.05) is 42.1 Å². The summed E-state index contributed by atoms with van der Waals surface area (Å²) in [6.45, 7) is 1.68. The molecule has 0 bridgehead atoms. The number of carboxylic acid groups (broad SMARTS) is 1. The molecule has 1 aromatic heterocycles. The molecule has 0 aliphatic heterocycles. The molecular weight excluding hydrogens is 282 g/mol. The highest BCUT2D eigenvalue weighted by Gasteiger charge is 2.15. The van der Waals surface area contributed by atoms with Gasteiger partial charge in [0.25, 0.3) is 0 Å². The third kappa shape index (κ3) is 3.56. The van der Waals surface area contributed by atoms with Crippen LogP contribution in [0.15, 0.2) is 34.7 Å². The Kier molecular flexibility index (Phi) is 4.57. The van der Waals surface area contributed by atoms with Crippen molar-refractivity contribution in [2.45, 2.75) is 17.4 Å². The number of carboxylic acids is 1. The molecule has 0 spiro atoms. The fraction of sp³-hybridized carbons (Fsp3) is 0.231. The zero-order valence-electron chi connectivity index (χ0n) is 10.2. The minimum Gasteiger partial charge on any atom is -0.477 e. The van der Waals surface area contributed by atoms with Crippen molar-refractivity contribution in [3.8, 4) is 0 Å². The van der Waals surface area contributed by atoms with Crippen LogP contribution in [0, 0.1) is 6.92 Å². The summed E-state index contributed by atoms with van der Waals surface area (Å²) < 4.78 is 0.671. The lowest BCUT2D eigenvalue weighted by molar-refractivity contribution is 0.0701. The number of nitrogens with zero attached hydrogens (tertiary/aromatic N) is 1. The molecule has 100 valence electrons. The van der Waals surface area contributed by atoms with Gasteiger partial charge in [0.1, 0.15) is 4.88 Å². The minimum absolute atomic E-state index is 0.261. The number of thiazole rings is 1. The van der Waals surface area contributed by atoms with Gasteiger partial charge in [0.05, 0.1) is 11.8 Å². The Labute approximate surface area is 119 Å². The average molecular weight is 295 g/mol. The predicted octanol–water partition coefficient (Wildman–Crippen LogP) is 2.98. The molecule has 19 heavy (non-hydrogen) atoms. The first kappa shape index (κ1) is 14.0. The molecule has 0 saturated carbocycles. The maximum absolute atomic E-state index is 10.9. The van der Waals surface area contributed by atoms with Gasteiger partial charge in [0.15, 0.2) is 4.34 Å². The number of hydrogen-bond donors (Lipinski definition) is 2. The van der Waals surface area contributed by atoms with Crippen LogP contribution >= 0.6 is 23.1 Å². The molecule has 0 aliphatic carbocycles. The molecule has 1 heterocycles. The normalized spacial score (nSPS) is 12.3. The molecular formula is C13H13NO3S2. The Morgan fingerprint density at radius 1 is 1.42 bits per heavy atom. The lowest BCUT2D eigenvalue weighted by Crippen LogP contribution is -1.99. The molecule has 1 unspecified atom stereocenters. The zero-order chi connectivity index (χ0) is 13.8. The number of hydrogen-bond acceptors (Lipinski definition) is 5. The predicted molar refractivity (Wildman–Crippen MR) is 75.9 cm³/mol. The van der Waals surface area contributed by atoms with Crippen molar-refractivity contribution in [3.63, 3.8) is 0 Å². The second-order valence-electron chi connectivity index (χ2n) is 3.94. The van der Waals surface area contributed by atoms with Gasteiger partial charge in [-0.15, -0.1) is 11.3 Å². The van der Waals surface area contributed by atoms with Gasteiger partial charge in [0, 0.05) is 5.75 Å². The second-order valence-corrected chi connectivity index (χ2v) is 6.20. The summed E-state index contributed by atoms with van der Waals surface area (Å²) in [5.41, 5.74) is 1.37. The smallest absolute Gasteiger partial charge is 0.347 e. The van der Waals surface area contributed by atoms with E-state index in [0.717, 1.165) is 16.9 Å². The summed E-state index contributed by atoms with van der Waals surface area (Å²) in [7, 11) is 0. The van der Waals surface area contributed by atoms with Crippen molar-refractivity contribution in [2.24, 2.45) is 0 Å². The fourth-order valence-electron chi connectivity index (χ4n) is 1.55. The summed E-state index contributed by atoms with van der Waals surface area (Å²) in [6, 6.07) is 9.37. The topological polar surface area (TPSA) is 70.4 Å². The van der Waals surface area contributed by atoms with Crippen molar-refractivity contribution in [1.29, 1.82) is 0 Å². The van der Waals surface area contributed by atoms with Crippen LogP contribution in [0.5, 0.6) is 0 Å². The molecule has 1 atom stereocenters. The zero-order valence-corrected chi connectivity index (χ0v) is 11.9. The summed E-state index contributed by atoms with van der Waals surface area (Å²) in [6.07, 6.45) is -0.580. The van der Waals surface area contributed by atoms with Crippen LogP contribution in [0.3, 0.4) is 0 Å². The van der Waals surface area contributed by atoms with E-state index < -0.39 is 12.1 Å². The van der Waals surface area contributed by atoms with Crippen LogP contribution < -0.4 is 0 Å². The number of aryl methyl sites for hydroxylation is 1. The molecule has 0 amide bonds. The van der Waals surface area contributed by atoms with E-state index in [-0.39, 0.29) is 4.88 Å². The summed E-state index contributed by atoms with van der Waals surface area (Å²) in [5.74, 6) is -0.499. The van der Waals surface area contributed by atoms with Crippen LogP contribution in [0.2, 0.25) is 0 Å². The van der Waals surface area contributed by atoms with E-state index in [1.807, 2.05) is 30.3 Å². The molecule has 1 aromatic carbocycles. The van der Waals surface area contributed by atoms with E-state index >= 15 is 0 Å². The number of benzene rings is 1. The van der Waals surface area contributed by atoms with Gasteiger partial charge in [-0.05, 0) is 12.5 Å². The number of aromatic nitrogens is 1. The number of aromatic carboxylic acids is 1. The number of aliphatic hydroxyl groups is 1. The van der Waals surface area contributed by atoms with Crippen LogP contribution in [-0.2, 0) is 0 Å². The molecule has 2 N–H and O–H groups in total. The SMILES string of the molecule is Cc1nc(SCC(O)c2ccccc2)sc1C(=O)O. The third-order valence-corrected chi connectivity index (χ3v) is 4.88. The second kappa shape index (κ2) is 6.18. The Morgan fingerprint density at radius 3 is 2.68 bits per heavy atom. The number of carbonyl (C=O) groups is 1. The van der Waals surface area contributed by atoms with E-state index in [2.05, 4.69) is 4.98 Å². The van der Waals surface area contributed by atoms with Crippen molar-refractivity contribution in [2.75, 3.05) is 5.75 Å². The van der Waals surface area contributed by atoms with Crippen molar-refractivity contribution >= 4 is 29.1 Å². The van der Waals surface area contributed by atoms with E-state index in [9.17, 15) is 9.90 Å². The largest absolute Gasteiger partial charge is 0.477 e. The van der Waals surface area contributed by atoms with Gasteiger partial charge >= 0.3 is 5.97 Å². The monoisotopic (exact) mass is 295 g/mol. The highest BCUT2D eigenvalue weighted by Crippen LogP contribution is 2.30. The van der Waals surface area contributed by atoms with Crippen molar-refractivity contribution in [1.82, 2.24) is 4.98 Å². The van der Waals surface area contributed by atoms with Crippen LogP contribution in [0.1, 0.15) is 27.0 Å². The highest BCUT2D eigenvalue weighted by molar-refractivity contribution is 8.01. The lowest BCUT2D eigenvalue weighted by Gasteiger charge is -2.08. The number of thioether (sulfide) groups is 1. The minimum atomic E-state index is -0.953. The highest BCUT2D eigenvalue weighted by atomic mass is 32.2. The third-order valence-electron chi connectivity index (χ3n) is 2.52. The molecule has 0 radical (unpaired) electrons. The van der Waals surface area contributed by atoms with E-state index in [0.29, 0.717) is 15.8 Å². The molecule has 0 saturated heterocycles. The lowest BCUT2D eigenvalue weighted by atomic mass is 10.1. The molecule has 2 aromatic rings. The molecule has 2 rings (SSSR count). The summed E-state index contributed by atoms with van der Waals surface area (Å²) >= 11 is 2.52. The maximum atomic E-state index is 10.9. The summed E-state index contributed by atoms with van der Waals surface area (Å²) in [4.78, 5) is 15.4. The Morgan fingerprint density at radius 2 is 2.11 bits per heavy atom. The Balaban J connectivity index is 1.99. The number of rotatable bonds is 5.